The molecule has 0 radical (unpaired) electrons. The van der Waals surface area contributed by atoms with Crippen LogP contribution in [-0.2, 0) is 6.42 Å². The largest absolute Gasteiger partial charge is 0.505 e. The fraction of sp³-hybridized carbons (Fsp3) is 0.111. The summed E-state index contributed by atoms with van der Waals surface area (Å²) < 4.78 is 7.15. The van der Waals surface area contributed by atoms with E-state index < -0.39 is 0 Å². The van der Waals surface area contributed by atoms with E-state index in [0.717, 1.165) is 107 Å². The Morgan fingerprint density at radius 1 is 0.368 bits per heavy atom. The Bertz CT molecular complexity index is 4280. The van der Waals surface area contributed by atoms with E-state index in [4.69, 9.17) is 4.42 Å². The Morgan fingerprint density at radius 2 is 0.855 bits per heavy atom. The number of hydrogen-bond acceptors (Lipinski definition) is 4. The molecule has 0 amide bonds. The molecule has 0 bridgehead atoms. The van der Waals surface area contributed by atoms with Crippen molar-refractivity contribution in [2.75, 3.05) is 9.80 Å². The number of fused-ring (bicyclic) bond motifs is 3. The molecule has 0 aliphatic carbocycles. The van der Waals surface area contributed by atoms with Gasteiger partial charge in [0.1, 0.15) is 11.3 Å². The van der Waals surface area contributed by atoms with Gasteiger partial charge in [-0.3, -0.25) is 0 Å². The molecule has 0 fully saturated rings. The number of rotatable bonds is 10. The average molecular weight is 985 g/mol. The highest BCUT2D eigenvalue weighted by molar-refractivity contribution is 6.29. The minimum Gasteiger partial charge on any atom is -0.505 e. The molecule has 0 spiro atoms. The first kappa shape index (κ1) is 47.9. The Kier molecular flexibility index (Phi) is 12.4. The summed E-state index contributed by atoms with van der Waals surface area (Å²) in [4.78, 5) is 4.67. The van der Waals surface area contributed by atoms with Gasteiger partial charge in [0.2, 0.25) is 0 Å². The predicted molar refractivity (Wildman–Crippen MR) is 324 cm³/mol. The molecule has 4 nitrogen and oxygen atoms in total. The molecule has 0 aliphatic rings. The molecule has 13 aromatic rings. The van der Waals surface area contributed by atoms with Gasteiger partial charge in [-0.15, -0.1) is 0 Å². The summed E-state index contributed by atoms with van der Waals surface area (Å²) in [5, 5.41) is 21.9. The predicted octanol–water partition coefficient (Wildman–Crippen LogP) is 21.0. The maximum absolute atomic E-state index is 12.7. The number of furan rings is 1. The topological polar surface area (TPSA) is 39.9 Å². The van der Waals surface area contributed by atoms with Gasteiger partial charge in [-0.1, -0.05) is 190 Å². The molecule has 12 aromatic carbocycles. The summed E-state index contributed by atoms with van der Waals surface area (Å²) in [6.07, 6.45) is 0.948. The van der Waals surface area contributed by atoms with Crippen molar-refractivity contribution in [1.29, 1.82) is 0 Å². The zero-order valence-electron chi connectivity index (χ0n) is 44.2. The smallest absolute Gasteiger partial charge is 0.159 e. The van der Waals surface area contributed by atoms with E-state index in [1.807, 2.05) is 26.0 Å². The van der Waals surface area contributed by atoms with Gasteiger partial charge in [-0.25, -0.2) is 0 Å². The van der Waals surface area contributed by atoms with Crippen LogP contribution in [0.5, 0.6) is 5.75 Å². The first-order chi connectivity index (χ1) is 37.2. The molecule has 0 saturated heterocycles. The second kappa shape index (κ2) is 19.6. The Hall–Kier alpha value is -9.12. The van der Waals surface area contributed by atoms with Crippen molar-refractivity contribution in [3.63, 3.8) is 0 Å². The quantitative estimate of drug-likeness (QED) is 0.139. The van der Waals surface area contributed by atoms with Crippen LogP contribution in [0.4, 0.5) is 34.1 Å². The molecule has 0 atom stereocenters. The molecule has 0 aliphatic heterocycles. The standard InChI is InChI=1S/C70H54N2O2.C2H6/c1-6-47-30-34-52(35-31-47)72(63-27-15-25-59-58-24-13-23-57(69(58)74-70(59)63)48-17-8-7-9-18-48)65-41-46(5)55-36-38-60-64(40-45(4)54-37-39-61(65)67(55)66(54)60)71(51-32-28-43(2)29-33-51)62-26-14-22-56(68(62)73)50-20-12-19-49(42-50)53-21-11-10-16-44(53)3;1-2/h7-42,73H,6H2,1-5H3;1-2H3. The van der Waals surface area contributed by atoms with Crippen molar-refractivity contribution < 1.29 is 9.52 Å². The van der Waals surface area contributed by atoms with Gasteiger partial charge in [-0.05, 0) is 155 Å². The van der Waals surface area contributed by atoms with Crippen LogP contribution in [0.3, 0.4) is 0 Å². The first-order valence-electron chi connectivity index (χ1n) is 26.7. The van der Waals surface area contributed by atoms with Crippen LogP contribution in [0.15, 0.2) is 223 Å². The maximum Gasteiger partial charge on any atom is 0.159 e. The van der Waals surface area contributed by atoms with E-state index >= 15 is 0 Å². The Balaban J connectivity index is 0.00000288. The second-order valence-electron chi connectivity index (χ2n) is 19.9. The van der Waals surface area contributed by atoms with Gasteiger partial charge < -0.3 is 19.3 Å². The Morgan fingerprint density at radius 3 is 1.50 bits per heavy atom. The fourth-order valence-corrected chi connectivity index (χ4v) is 11.6. The van der Waals surface area contributed by atoms with Gasteiger partial charge >= 0.3 is 0 Å². The molecule has 370 valence electrons. The van der Waals surface area contributed by atoms with Crippen LogP contribution < -0.4 is 9.80 Å². The third-order valence-electron chi connectivity index (χ3n) is 15.4. The summed E-state index contributed by atoms with van der Waals surface area (Å²) in [5.41, 5.74) is 19.6. The lowest BCUT2D eigenvalue weighted by Crippen LogP contribution is -2.12. The van der Waals surface area contributed by atoms with Crippen molar-refractivity contribution in [2.45, 2.75) is 54.9 Å². The zero-order valence-corrected chi connectivity index (χ0v) is 44.2. The van der Waals surface area contributed by atoms with Crippen LogP contribution in [0.1, 0.15) is 48.6 Å². The number of nitrogens with zero attached hydrogens (tertiary/aromatic N) is 2. The second-order valence-corrected chi connectivity index (χ2v) is 19.9. The molecule has 1 aromatic heterocycles. The SMILES string of the molecule is CC.CCc1ccc(N(c2cc(C)c3ccc4c(N(c5ccc(C)cc5)c5cccc(-c6cccc(-c7ccccc7C)c6)c5O)cc(C)c5ccc2c3c54)c2cccc3c2oc2c(-c4ccccc4)cccc23)cc1. The van der Waals surface area contributed by atoms with E-state index in [2.05, 4.69) is 251 Å². The van der Waals surface area contributed by atoms with Gasteiger partial charge in [0, 0.05) is 44.0 Å². The molecular weight excluding hydrogens is 925 g/mol. The number of phenolic OH excluding ortho intramolecular Hbond substituents is 1. The number of benzene rings is 12. The van der Waals surface area contributed by atoms with Gasteiger partial charge in [0.05, 0.1) is 22.7 Å². The lowest BCUT2D eigenvalue weighted by molar-refractivity contribution is 0.478. The van der Waals surface area contributed by atoms with Gasteiger partial charge in [-0.2, -0.15) is 0 Å². The van der Waals surface area contributed by atoms with E-state index in [0.29, 0.717) is 5.69 Å². The number of anilines is 6. The maximum atomic E-state index is 12.7. The fourth-order valence-electron chi connectivity index (χ4n) is 11.6. The van der Waals surface area contributed by atoms with Crippen molar-refractivity contribution in [2.24, 2.45) is 0 Å². The van der Waals surface area contributed by atoms with Crippen molar-refractivity contribution in [3.05, 3.63) is 246 Å². The molecule has 76 heavy (non-hydrogen) atoms. The van der Waals surface area contributed by atoms with Crippen LogP contribution in [0, 0.1) is 27.7 Å². The minimum absolute atomic E-state index is 0.219. The molecule has 4 heteroatoms. The molecule has 13 rings (SSSR count). The van der Waals surface area contributed by atoms with Crippen molar-refractivity contribution >= 4 is 88.4 Å². The van der Waals surface area contributed by atoms with Crippen LogP contribution >= 0.6 is 0 Å². The summed E-state index contributed by atoms with van der Waals surface area (Å²) in [7, 11) is 0. The number of phenols is 1. The third kappa shape index (κ3) is 8.00. The van der Waals surface area contributed by atoms with Crippen LogP contribution in [0.25, 0.3) is 87.6 Å². The van der Waals surface area contributed by atoms with Crippen LogP contribution in [-0.4, -0.2) is 5.11 Å². The molecular formula is C72H60N2O2. The number of para-hydroxylation sites is 3. The van der Waals surface area contributed by atoms with E-state index in [9.17, 15) is 5.11 Å². The zero-order chi connectivity index (χ0) is 52.2. The lowest BCUT2D eigenvalue weighted by atomic mass is 9.88. The molecule has 1 heterocycles. The minimum atomic E-state index is 0.219. The third-order valence-corrected chi connectivity index (χ3v) is 15.4. The van der Waals surface area contributed by atoms with Crippen molar-refractivity contribution in [3.8, 4) is 39.1 Å². The normalized spacial score (nSPS) is 11.5. The summed E-state index contributed by atoms with van der Waals surface area (Å²) in [6, 6.07) is 78.2. The highest BCUT2D eigenvalue weighted by atomic mass is 16.3. The number of hydrogen-bond donors (Lipinski definition) is 1. The molecule has 0 unspecified atom stereocenters. The molecule has 0 saturated carbocycles. The summed E-state index contributed by atoms with van der Waals surface area (Å²) in [6.45, 7) is 14.9. The lowest BCUT2D eigenvalue weighted by Gasteiger charge is -2.31. The average Bonchev–Trinajstić information content (AvgIpc) is 4.00. The van der Waals surface area contributed by atoms with E-state index in [1.165, 1.54) is 43.8 Å². The van der Waals surface area contributed by atoms with Gasteiger partial charge in [0.25, 0.3) is 0 Å². The monoisotopic (exact) mass is 984 g/mol. The number of aromatic hydroxyl groups is 1. The summed E-state index contributed by atoms with van der Waals surface area (Å²) in [5.74, 6) is 0.219. The highest BCUT2D eigenvalue weighted by Crippen LogP contribution is 2.52. The Labute approximate surface area is 445 Å². The van der Waals surface area contributed by atoms with E-state index in [-0.39, 0.29) is 5.75 Å². The molecule has 1 N–H and O–H groups in total. The highest BCUT2D eigenvalue weighted by Gasteiger charge is 2.27. The number of aryl methyl sites for hydroxylation is 5. The van der Waals surface area contributed by atoms with E-state index in [1.54, 1.807) is 0 Å². The van der Waals surface area contributed by atoms with Gasteiger partial charge in [0.15, 0.2) is 5.58 Å². The summed E-state index contributed by atoms with van der Waals surface area (Å²) >= 11 is 0. The first-order valence-corrected chi connectivity index (χ1v) is 26.7. The van der Waals surface area contributed by atoms with Crippen LogP contribution in [0.2, 0.25) is 0 Å². The van der Waals surface area contributed by atoms with Crippen molar-refractivity contribution in [1.82, 2.24) is 0 Å².